The van der Waals surface area contributed by atoms with Gasteiger partial charge < -0.3 is 20.1 Å². The Morgan fingerprint density at radius 2 is 1.81 bits per heavy atom. The molecule has 2 rings (SSSR count). The van der Waals surface area contributed by atoms with Gasteiger partial charge in [0.25, 0.3) is 0 Å². The number of halogens is 2. The Labute approximate surface area is 91.8 Å². The van der Waals surface area contributed by atoms with Gasteiger partial charge in [-0.1, -0.05) is 13.8 Å². The van der Waals surface area contributed by atoms with Crippen LogP contribution in [0.15, 0.2) is 0 Å². The first-order valence-electron chi connectivity index (χ1n) is 5.23. The molecule has 2 bridgehead atoms. The first-order chi connectivity index (χ1) is 7.09. The topological polar surface area (TPSA) is 69.9 Å². The van der Waals surface area contributed by atoms with Crippen molar-refractivity contribution < 1.29 is 28.8 Å². The molecule has 0 amide bonds. The Morgan fingerprint density at radius 3 is 2.38 bits per heavy atom. The molecule has 2 saturated heterocycles. The molecule has 0 spiro atoms. The molecule has 0 unspecified atom stereocenters. The molecule has 6 heteroatoms. The molecule has 0 aromatic heterocycles. The summed E-state index contributed by atoms with van der Waals surface area (Å²) in [4.78, 5) is 0. The summed E-state index contributed by atoms with van der Waals surface area (Å²) in [6, 6.07) is 0. The lowest BCUT2D eigenvalue weighted by Crippen LogP contribution is -2.72. The lowest BCUT2D eigenvalue weighted by molar-refractivity contribution is -0.426. The van der Waals surface area contributed by atoms with Gasteiger partial charge in [-0.15, -0.1) is 0 Å². The lowest BCUT2D eigenvalue weighted by Gasteiger charge is -2.54. The second kappa shape index (κ2) is 3.13. The summed E-state index contributed by atoms with van der Waals surface area (Å²) in [5, 5.41) is 28.6. The van der Waals surface area contributed by atoms with Gasteiger partial charge in [-0.25, -0.2) is 0 Å². The van der Waals surface area contributed by atoms with Gasteiger partial charge in [0.05, 0.1) is 6.10 Å². The van der Waals surface area contributed by atoms with Crippen molar-refractivity contribution in [3.8, 4) is 0 Å². The number of ether oxygens (including phenoxy) is 1. The van der Waals surface area contributed by atoms with E-state index < -0.39 is 35.4 Å². The molecular formula is C10H16F2O4. The summed E-state index contributed by atoms with van der Waals surface area (Å²) in [7, 11) is 0. The average molecular weight is 238 g/mol. The van der Waals surface area contributed by atoms with Gasteiger partial charge in [-0.05, 0) is 11.8 Å². The minimum atomic E-state index is -3.86. The Hall–Kier alpha value is -0.300. The fourth-order valence-electron chi connectivity index (χ4n) is 2.63. The van der Waals surface area contributed by atoms with Crippen LogP contribution in [0.25, 0.3) is 0 Å². The van der Waals surface area contributed by atoms with E-state index >= 15 is 0 Å². The molecule has 0 aromatic carbocycles. The van der Waals surface area contributed by atoms with Crippen molar-refractivity contribution in [2.75, 3.05) is 0 Å². The molecule has 2 aliphatic heterocycles. The number of hydrogen-bond acceptors (Lipinski definition) is 4. The van der Waals surface area contributed by atoms with Gasteiger partial charge in [0.1, 0.15) is 6.10 Å². The number of aliphatic hydroxyl groups is 3. The van der Waals surface area contributed by atoms with Crippen molar-refractivity contribution in [3.05, 3.63) is 0 Å². The van der Waals surface area contributed by atoms with Gasteiger partial charge >= 0.3 is 5.92 Å². The van der Waals surface area contributed by atoms with Crippen LogP contribution in [0.2, 0.25) is 0 Å². The van der Waals surface area contributed by atoms with E-state index in [0.29, 0.717) is 6.42 Å². The van der Waals surface area contributed by atoms with Crippen molar-refractivity contribution in [3.63, 3.8) is 0 Å². The van der Waals surface area contributed by atoms with Crippen molar-refractivity contribution in [2.45, 2.75) is 56.7 Å². The van der Waals surface area contributed by atoms with Crippen LogP contribution in [-0.4, -0.2) is 45.3 Å². The molecule has 3 N–H and O–H groups in total. The Balaban J connectivity index is 2.40. The van der Waals surface area contributed by atoms with Crippen molar-refractivity contribution in [2.24, 2.45) is 5.41 Å². The molecule has 0 saturated carbocycles. The molecule has 4 atom stereocenters. The van der Waals surface area contributed by atoms with E-state index in [2.05, 4.69) is 0 Å². The Bertz CT molecular complexity index is 307. The SMILES string of the molecule is CC1(C)C[C@@H]2O[C@](O)(C1)C(F)(F)[C@H](O)[C@H]2O. The summed E-state index contributed by atoms with van der Waals surface area (Å²) < 4.78 is 32.2. The molecule has 2 heterocycles. The normalized spacial score (nSPS) is 50.1. The number of alkyl halides is 2. The zero-order chi connectivity index (χ0) is 12.4. The number of rotatable bonds is 0. The summed E-state index contributed by atoms with van der Waals surface area (Å²) in [6.07, 6.45) is -4.86. The average Bonchev–Trinajstić information content (AvgIpc) is 2.10. The molecule has 2 aliphatic rings. The van der Waals surface area contributed by atoms with E-state index in [1.165, 1.54) is 0 Å². The monoisotopic (exact) mass is 238 g/mol. The van der Waals surface area contributed by atoms with E-state index in [-0.39, 0.29) is 6.42 Å². The number of aliphatic hydroxyl groups excluding tert-OH is 2. The maximum atomic E-state index is 13.7. The van der Waals surface area contributed by atoms with Crippen LogP contribution in [0, 0.1) is 5.41 Å². The predicted octanol–water partition coefficient (Wildman–Crippen LogP) is 0.251. The van der Waals surface area contributed by atoms with Crippen LogP contribution in [-0.2, 0) is 4.74 Å². The quantitative estimate of drug-likeness (QED) is 0.566. The number of fused-ring (bicyclic) bond motifs is 2. The van der Waals surface area contributed by atoms with Crippen LogP contribution in [0.1, 0.15) is 26.7 Å². The smallest absolute Gasteiger partial charge is 0.328 e. The molecule has 2 fully saturated rings. The summed E-state index contributed by atoms with van der Waals surface area (Å²) in [5.74, 6) is -6.54. The second-order valence-electron chi connectivity index (χ2n) is 5.54. The first-order valence-corrected chi connectivity index (χ1v) is 5.23. The highest BCUT2D eigenvalue weighted by Gasteiger charge is 2.69. The molecule has 4 nitrogen and oxygen atoms in total. The van der Waals surface area contributed by atoms with E-state index in [9.17, 15) is 24.1 Å². The van der Waals surface area contributed by atoms with E-state index in [0.717, 1.165) is 0 Å². The molecule has 16 heavy (non-hydrogen) atoms. The molecule has 0 radical (unpaired) electrons. The van der Waals surface area contributed by atoms with Crippen LogP contribution in [0.3, 0.4) is 0 Å². The third-order valence-corrected chi connectivity index (χ3v) is 3.41. The largest absolute Gasteiger partial charge is 0.387 e. The van der Waals surface area contributed by atoms with Crippen molar-refractivity contribution >= 4 is 0 Å². The Kier molecular flexibility index (Phi) is 2.38. The highest BCUT2D eigenvalue weighted by molar-refractivity contribution is 5.07. The van der Waals surface area contributed by atoms with Crippen LogP contribution in [0.4, 0.5) is 8.78 Å². The molecule has 94 valence electrons. The summed E-state index contributed by atoms with van der Waals surface area (Å²) in [6.45, 7) is 3.43. The van der Waals surface area contributed by atoms with Gasteiger partial charge in [0.2, 0.25) is 5.79 Å². The van der Waals surface area contributed by atoms with Crippen molar-refractivity contribution in [1.82, 2.24) is 0 Å². The van der Waals surface area contributed by atoms with Crippen LogP contribution < -0.4 is 0 Å². The van der Waals surface area contributed by atoms with E-state index in [4.69, 9.17) is 4.74 Å². The minimum absolute atomic E-state index is 0.271. The van der Waals surface area contributed by atoms with Crippen LogP contribution in [0.5, 0.6) is 0 Å². The second-order valence-corrected chi connectivity index (χ2v) is 5.54. The lowest BCUT2D eigenvalue weighted by atomic mass is 9.70. The van der Waals surface area contributed by atoms with E-state index in [1.54, 1.807) is 13.8 Å². The molecule has 0 aromatic rings. The number of hydrogen-bond donors (Lipinski definition) is 3. The zero-order valence-electron chi connectivity index (χ0n) is 9.15. The fourth-order valence-corrected chi connectivity index (χ4v) is 2.63. The summed E-state index contributed by atoms with van der Waals surface area (Å²) in [5.41, 5.74) is -0.567. The summed E-state index contributed by atoms with van der Waals surface area (Å²) >= 11 is 0. The maximum absolute atomic E-state index is 13.7. The maximum Gasteiger partial charge on any atom is 0.328 e. The van der Waals surface area contributed by atoms with Gasteiger partial charge in [0, 0.05) is 6.42 Å². The third kappa shape index (κ3) is 1.48. The Morgan fingerprint density at radius 1 is 1.25 bits per heavy atom. The fraction of sp³-hybridized carbons (Fsp3) is 1.00. The van der Waals surface area contributed by atoms with Gasteiger partial charge in [-0.2, -0.15) is 8.78 Å². The van der Waals surface area contributed by atoms with Crippen molar-refractivity contribution in [1.29, 1.82) is 0 Å². The highest BCUT2D eigenvalue weighted by atomic mass is 19.3. The molecule has 0 aliphatic carbocycles. The third-order valence-electron chi connectivity index (χ3n) is 3.41. The predicted molar refractivity (Wildman–Crippen MR) is 49.8 cm³/mol. The standard InChI is InChI=1S/C10H16F2O4/c1-8(2)3-5-6(13)7(14)10(11,12)9(15,4-8)16-5/h5-7,13-15H,3-4H2,1-2H3/t5-,6-,7+,9+/m0/s1. The van der Waals surface area contributed by atoms with E-state index in [1.807, 2.05) is 0 Å². The van der Waals surface area contributed by atoms with Crippen LogP contribution >= 0.6 is 0 Å². The molecular weight excluding hydrogens is 222 g/mol. The van der Waals surface area contributed by atoms with Gasteiger partial charge in [-0.3, -0.25) is 0 Å². The minimum Gasteiger partial charge on any atom is -0.387 e. The van der Waals surface area contributed by atoms with Gasteiger partial charge in [0.15, 0.2) is 6.10 Å². The highest BCUT2D eigenvalue weighted by Crippen LogP contribution is 2.52. The first kappa shape index (κ1) is 12.2. The zero-order valence-corrected chi connectivity index (χ0v) is 9.15.